The SMILES string of the molecule is CCN(CC)c1ccc(NC(=O)C2CCN(S(=O)(=O)c3c(C)noc3/C=C/c3ccc(C)cc3)CC2)c(C)c1. The van der Waals surface area contributed by atoms with Crippen molar-refractivity contribution in [3.8, 4) is 0 Å². The summed E-state index contributed by atoms with van der Waals surface area (Å²) in [7, 11) is -3.83. The summed E-state index contributed by atoms with van der Waals surface area (Å²) >= 11 is 0. The van der Waals surface area contributed by atoms with E-state index in [1.165, 1.54) is 4.31 Å². The average Bonchev–Trinajstić information content (AvgIpc) is 3.31. The van der Waals surface area contributed by atoms with Gasteiger partial charge in [-0.25, -0.2) is 8.42 Å². The van der Waals surface area contributed by atoms with E-state index in [1.54, 1.807) is 13.0 Å². The molecule has 4 rings (SSSR count). The van der Waals surface area contributed by atoms with E-state index in [-0.39, 0.29) is 35.6 Å². The van der Waals surface area contributed by atoms with Crippen molar-refractivity contribution >= 4 is 39.5 Å². The Kier molecular flexibility index (Phi) is 8.92. The molecule has 2 heterocycles. The van der Waals surface area contributed by atoms with Crippen molar-refractivity contribution in [2.75, 3.05) is 36.4 Å². The first-order valence-electron chi connectivity index (χ1n) is 13.5. The zero-order valence-corrected chi connectivity index (χ0v) is 24.2. The number of amides is 1. The van der Waals surface area contributed by atoms with Crippen LogP contribution >= 0.6 is 0 Å². The Bertz CT molecular complexity index is 1430. The van der Waals surface area contributed by atoms with Gasteiger partial charge in [0.15, 0.2) is 10.7 Å². The largest absolute Gasteiger partial charge is 0.372 e. The predicted molar refractivity (Wildman–Crippen MR) is 156 cm³/mol. The lowest BCUT2D eigenvalue weighted by molar-refractivity contribution is -0.120. The van der Waals surface area contributed by atoms with E-state index in [9.17, 15) is 13.2 Å². The lowest BCUT2D eigenvalue weighted by Crippen LogP contribution is -2.41. The maximum absolute atomic E-state index is 13.6. The van der Waals surface area contributed by atoms with Gasteiger partial charge in [0, 0.05) is 43.5 Å². The molecule has 0 spiro atoms. The molecular weight excluding hydrogens is 512 g/mol. The molecule has 0 unspecified atom stereocenters. The quantitative estimate of drug-likeness (QED) is 0.370. The number of nitrogens with one attached hydrogen (secondary N) is 1. The fraction of sp³-hybridized carbons (Fsp3) is 0.400. The molecule has 39 heavy (non-hydrogen) atoms. The lowest BCUT2D eigenvalue weighted by Gasteiger charge is -2.30. The molecule has 0 aliphatic carbocycles. The van der Waals surface area contributed by atoms with Gasteiger partial charge in [-0.1, -0.05) is 41.1 Å². The van der Waals surface area contributed by atoms with Crippen LogP contribution in [0.15, 0.2) is 51.9 Å². The minimum Gasteiger partial charge on any atom is -0.372 e. The Hall–Kier alpha value is -3.43. The van der Waals surface area contributed by atoms with Crippen LogP contribution in [0.3, 0.4) is 0 Å². The highest BCUT2D eigenvalue weighted by Crippen LogP contribution is 2.30. The van der Waals surface area contributed by atoms with Gasteiger partial charge in [-0.3, -0.25) is 4.79 Å². The number of anilines is 2. The third-order valence-electron chi connectivity index (χ3n) is 7.36. The molecule has 1 aliphatic heterocycles. The molecule has 1 saturated heterocycles. The number of rotatable bonds is 9. The van der Waals surface area contributed by atoms with Gasteiger partial charge in [-0.2, -0.15) is 4.31 Å². The normalized spacial score (nSPS) is 15.1. The molecule has 1 aromatic heterocycles. The number of aromatic nitrogens is 1. The summed E-state index contributed by atoms with van der Waals surface area (Å²) < 4.78 is 34.0. The fourth-order valence-corrected chi connectivity index (χ4v) is 6.66. The number of benzene rings is 2. The summed E-state index contributed by atoms with van der Waals surface area (Å²) in [5, 5.41) is 6.99. The zero-order valence-electron chi connectivity index (χ0n) is 23.4. The van der Waals surface area contributed by atoms with E-state index in [0.29, 0.717) is 18.5 Å². The second-order valence-corrected chi connectivity index (χ2v) is 11.9. The molecule has 3 aromatic rings. The van der Waals surface area contributed by atoms with Gasteiger partial charge in [0.2, 0.25) is 15.9 Å². The molecule has 9 heteroatoms. The topological polar surface area (TPSA) is 95.8 Å². The molecule has 1 aliphatic rings. The highest BCUT2D eigenvalue weighted by Gasteiger charge is 2.36. The van der Waals surface area contributed by atoms with Crippen molar-refractivity contribution in [2.45, 2.75) is 52.4 Å². The minimum absolute atomic E-state index is 0.0754. The molecular formula is C30H38N4O4S. The first kappa shape index (κ1) is 28.6. The van der Waals surface area contributed by atoms with E-state index in [4.69, 9.17) is 4.52 Å². The van der Waals surface area contributed by atoms with E-state index < -0.39 is 10.0 Å². The number of carbonyl (C=O) groups excluding carboxylic acids is 1. The Balaban J connectivity index is 1.41. The van der Waals surface area contributed by atoms with Gasteiger partial charge < -0.3 is 14.7 Å². The molecule has 8 nitrogen and oxygen atoms in total. The van der Waals surface area contributed by atoms with Crippen LogP contribution < -0.4 is 10.2 Å². The molecule has 208 valence electrons. The molecule has 0 radical (unpaired) electrons. The van der Waals surface area contributed by atoms with E-state index in [0.717, 1.165) is 41.2 Å². The number of sulfonamides is 1. The van der Waals surface area contributed by atoms with Gasteiger partial charge in [0.25, 0.3) is 0 Å². The van der Waals surface area contributed by atoms with Crippen molar-refractivity contribution < 1.29 is 17.7 Å². The number of hydrogen-bond donors (Lipinski definition) is 1. The van der Waals surface area contributed by atoms with E-state index in [2.05, 4.69) is 35.3 Å². The molecule has 0 saturated carbocycles. The Morgan fingerprint density at radius 1 is 1.05 bits per heavy atom. The minimum atomic E-state index is -3.83. The van der Waals surface area contributed by atoms with Crippen LogP contribution in [0.25, 0.3) is 12.2 Å². The molecule has 1 N–H and O–H groups in total. The lowest BCUT2D eigenvalue weighted by atomic mass is 9.97. The van der Waals surface area contributed by atoms with Gasteiger partial charge in [-0.15, -0.1) is 0 Å². The smallest absolute Gasteiger partial charge is 0.248 e. The Morgan fingerprint density at radius 2 is 1.72 bits per heavy atom. The molecule has 0 bridgehead atoms. The standard InChI is InChI=1S/C30H38N4O4S/c1-6-33(7-2)26-13-14-27(22(4)20-26)31-30(35)25-16-18-34(19-17-25)39(36,37)29-23(5)32-38-28(29)15-12-24-10-8-21(3)9-11-24/h8-15,20,25H,6-7,16-19H2,1-5H3,(H,31,35)/b15-12+. The summed E-state index contributed by atoms with van der Waals surface area (Å²) in [6.45, 7) is 12.2. The maximum atomic E-state index is 13.6. The third kappa shape index (κ3) is 6.42. The van der Waals surface area contributed by atoms with E-state index in [1.807, 2.05) is 56.3 Å². The first-order valence-corrected chi connectivity index (χ1v) is 15.0. The summed E-state index contributed by atoms with van der Waals surface area (Å²) in [6, 6.07) is 14.0. The van der Waals surface area contributed by atoms with Crippen molar-refractivity contribution in [3.63, 3.8) is 0 Å². The predicted octanol–water partition coefficient (Wildman–Crippen LogP) is 5.66. The fourth-order valence-electron chi connectivity index (χ4n) is 4.94. The van der Waals surface area contributed by atoms with Crippen molar-refractivity contribution in [1.82, 2.24) is 9.46 Å². The maximum Gasteiger partial charge on any atom is 0.248 e. The second kappa shape index (κ2) is 12.2. The highest BCUT2D eigenvalue weighted by molar-refractivity contribution is 7.89. The van der Waals surface area contributed by atoms with Crippen LogP contribution in [-0.4, -0.2) is 50.0 Å². The van der Waals surface area contributed by atoms with E-state index >= 15 is 0 Å². The van der Waals surface area contributed by atoms with Gasteiger partial charge >= 0.3 is 0 Å². The highest BCUT2D eigenvalue weighted by atomic mass is 32.2. The van der Waals surface area contributed by atoms with Crippen molar-refractivity contribution in [2.24, 2.45) is 5.92 Å². The monoisotopic (exact) mass is 550 g/mol. The second-order valence-electron chi connectivity index (χ2n) is 10.0. The van der Waals surface area contributed by atoms with Crippen LogP contribution in [0.4, 0.5) is 11.4 Å². The first-order chi connectivity index (χ1) is 18.6. The van der Waals surface area contributed by atoms with Crippen molar-refractivity contribution in [1.29, 1.82) is 0 Å². The number of aryl methyl sites for hydroxylation is 3. The zero-order chi connectivity index (χ0) is 28.2. The Morgan fingerprint density at radius 3 is 2.33 bits per heavy atom. The molecule has 0 atom stereocenters. The number of nitrogens with zero attached hydrogens (tertiary/aromatic N) is 3. The van der Waals surface area contributed by atoms with Crippen LogP contribution in [-0.2, 0) is 14.8 Å². The number of carbonyl (C=O) groups is 1. The summed E-state index contributed by atoms with van der Waals surface area (Å²) in [5.74, 6) is -0.132. The van der Waals surface area contributed by atoms with Gasteiger partial charge in [0.1, 0.15) is 5.69 Å². The number of piperidine rings is 1. The van der Waals surface area contributed by atoms with Gasteiger partial charge in [0.05, 0.1) is 0 Å². The van der Waals surface area contributed by atoms with Crippen LogP contribution in [0, 0.1) is 26.7 Å². The summed E-state index contributed by atoms with van der Waals surface area (Å²) in [5.41, 5.74) is 5.32. The van der Waals surface area contributed by atoms with Crippen LogP contribution in [0.2, 0.25) is 0 Å². The molecule has 1 amide bonds. The molecule has 1 fully saturated rings. The van der Waals surface area contributed by atoms with Gasteiger partial charge in [-0.05, 0) is 82.9 Å². The average molecular weight is 551 g/mol. The Labute approximate surface area is 231 Å². The van der Waals surface area contributed by atoms with Crippen LogP contribution in [0.1, 0.15) is 54.8 Å². The van der Waals surface area contributed by atoms with Crippen LogP contribution in [0.5, 0.6) is 0 Å². The third-order valence-corrected chi connectivity index (χ3v) is 9.41. The van der Waals surface area contributed by atoms with Crippen molar-refractivity contribution in [3.05, 3.63) is 70.6 Å². The summed E-state index contributed by atoms with van der Waals surface area (Å²) in [4.78, 5) is 15.4. The number of hydrogen-bond acceptors (Lipinski definition) is 6. The molecule has 2 aromatic carbocycles. The summed E-state index contributed by atoms with van der Waals surface area (Å²) in [6.07, 6.45) is 4.35.